The largest absolute Gasteiger partial charge is 0.345 e. The fourth-order valence-corrected chi connectivity index (χ4v) is 2.29. The molecule has 0 bridgehead atoms. The highest BCUT2D eigenvalue weighted by atomic mass is 15.2. The van der Waals surface area contributed by atoms with E-state index in [4.69, 9.17) is 0 Å². The second kappa shape index (κ2) is 3.06. The van der Waals surface area contributed by atoms with Crippen LogP contribution < -0.4 is 0 Å². The summed E-state index contributed by atoms with van der Waals surface area (Å²) in [4.78, 5) is 2.37. The molecule has 13 heavy (non-hydrogen) atoms. The molecule has 0 saturated carbocycles. The van der Waals surface area contributed by atoms with Gasteiger partial charge >= 0.3 is 0 Å². The Morgan fingerprint density at radius 1 is 1.23 bits per heavy atom. The molecular formula is C12H17N. The minimum Gasteiger partial charge on any atom is -0.345 e. The van der Waals surface area contributed by atoms with Crippen molar-refractivity contribution >= 4 is 0 Å². The van der Waals surface area contributed by atoms with E-state index in [1.807, 2.05) is 0 Å². The molecule has 2 aliphatic heterocycles. The number of fused-ring (bicyclic) bond motifs is 1. The van der Waals surface area contributed by atoms with Gasteiger partial charge in [-0.05, 0) is 43.8 Å². The summed E-state index contributed by atoms with van der Waals surface area (Å²) in [5.41, 5.74) is 5.36. The second-order valence-electron chi connectivity index (χ2n) is 4.06. The van der Waals surface area contributed by atoms with Crippen LogP contribution in [0.3, 0.4) is 0 Å². The van der Waals surface area contributed by atoms with Gasteiger partial charge in [-0.1, -0.05) is 13.2 Å². The molecule has 1 saturated heterocycles. The topological polar surface area (TPSA) is 3.24 Å². The van der Waals surface area contributed by atoms with Crippen LogP contribution >= 0.6 is 0 Å². The highest BCUT2D eigenvalue weighted by molar-refractivity contribution is 5.39. The second-order valence-corrected chi connectivity index (χ2v) is 4.06. The predicted octanol–water partition coefficient (Wildman–Crippen LogP) is 3.22. The van der Waals surface area contributed by atoms with Gasteiger partial charge in [-0.25, -0.2) is 0 Å². The molecular weight excluding hydrogens is 158 g/mol. The molecule has 1 fully saturated rings. The van der Waals surface area contributed by atoms with E-state index < -0.39 is 0 Å². The van der Waals surface area contributed by atoms with Gasteiger partial charge in [0.25, 0.3) is 0 Å². The highest BCUT2D eigenvalue weighted by Gasteiger charge is 2.24. The summed E-state index contributed by atoms with van der Waals surface area (Å²) >= 11 is 0. The van der Waals surface area contributed by atoms with Gasteiger partial charge < -0.3 is 4.90 Å². The minimum atomic E-state index is 1.03. The van der Waals surface area contributed by atoms with Crippen LogP contribution in [-0.4, -0.2) is 11.4 Å². The molecule has 1 heteroatoms. The fourth-order valence-electron chi connectivity index (χ4n) is 2.29. The summed E-state index contributed by atoms with van der Waals surface area (Å²) in [5.74, 6) is 0. The molecule has 2 aliphatic rings. The zero-order chi connectivity index (χ0) is 9.42. The quantitative estimate of drug-likeness (QED) is 0.546. The average Bonchev–Trinajstić information content (AvgIpc) is 2.15. The van der Waals surface area contributed by atoms with E-state index in [-0.39, 0.29) is 0 Å². The monoisotopic (exact) mass is 175 g/mol. The maximum Gasteiger partial charge on any atom is 0.0365 e. The van der Waals surface area contributed by atoms with Gasteiger partial charge in [0.1, 0.15) is 0 Å². The first-order chi connectivity index (χ1) is 6.20. The molecule has 0 unspecified atom stereocenters. The van der Waals surface area contributed by atoms with Crippen LogP contribution in [0.2, 0.25) is 0 Å². The zero-order valence-corrected chi connectivity index (χ0v) is 8.40. The van der Waals surface area contributed by atoms with Crippen LogP contribution in [0.25, 0.3) is 0 Å². The van der Waals surface area contributed by atoms with Crippen molar-refractivity contribution in [2.24, 2.45) is 0 Å². The fraction of sp³-hybridized carbons (Fsp3) is 0.500. The van der Waals surface area contributed by atoms with Crippen LogP contribution in [0.5, 0.6) is 0 Å². The Morgan fingerprint density at radius 2 is 2.00 bits per heavy atom. The molecule has 0 aromatic rings. The van der Waals surface area contributed by atoms with Gasteiger partial charge in [0.15, 0.2) is 0 Å². The van der Waals surface area contributed by atoms with Crippen LogP contribution in [-0.2, 0) is 0 Å². The smallest absolute Gasteiger partial charge is 0.0365 e. The third kappa shape index (κ3) is 1.32. The lowest BCUT2D eigenvalue weighted by Gasteiger charge is -2.39. The minimum absolute atomic E-state index is 1.03. The summed E-state index contributed by atoms with van der Waals surface area (Å²) in [6, 6.07) is 0. The molecule has 0 aromatic heterocycles. The molecule has 0 spiro atoms. The van der Waals surface area contributed by atoms with Crippen LogP contribution in [0.1, 0.15) is 32.6 Å². The van der Waals surface area contributed by atoms with E-state index in [0.717, 1.165) is 18.7 Å². The van der Waals surface area contributed by atoms with Crippen LogP contribution in [0.4, 0.5) is 0 Å². The molecule has 0 N–H and O–H groups in total. The molecule has 0 aliphatic carbocycles. The summed E-state index contributed by atoms with van der Waals surface area (Å²) < 4.78 is 0. The lowest BCUT2D eigenvalue weighted by atomic mass is 9.92. The molecule has 0 atom stereocenters. The maximum absolute atomic E-state index is 4.11. The molecule has 0 radical (unpaired) electrons. The lowest BCUT2D eigenvalue weighted by Crippen LogP contribution is -2.31. The van der Waals surface area contributed by atoms with E-state index in [2.05, 4.69) is 25.0 Å². The SMILES string of the molecule is C=C1CC(C)=C2CCCCN2C1=C. The Labute approximate surface area is 80.4 Å². The first-order valence-corrected chi connectivity index (χ1v) is 5.03. The van der Waals surface area contributed by atoms with Gasteiger partial charge in [0.05, 0.1) is 0 Å². The Morgan fingerprint density at radius 3 is 2.77 bits per heavy atom. The number of hydrogen-bond acceptors (Lipinski definition) is 1. The summed E-state index contributed by atoms with van der Waals surface area (Å²) in [5, 5.41) is 0. The van der Waals surface area contributed by atoms with Gasteiger partial charge in [-0.15, -0.1) is 0 Å². The number of piperidine rings is 1. The van der Waals surface area contributed by atoms with Gasteiger partial charge in [0, 0.05) is 17.9 Å². The van der Waals surface area contributed by atoms with Crippen molar-refractivity contribution in [3.63, 3.8) is 0 Å². The van der Waals surface area contributed by atoms with Crippen molar-refractivity contribution in [3.05, 3.63) is 35.7 Å². The Kier molecular flexibility index (Phi) is 2.03. The predicted molar refractivity (Wildman–Crippen MR) is 56.2 cm³/mol. The van der Waals surface area contributed by atoms with Crippen molar-refractivity contribution in [1.29, 1.82) is 0 Å². The van der Waals surface area contributed by atoms with Gasteiger partial charge in [-0.2, -0.15) is 0 Å². The molecule has 0 amide bonds. The lowest BCUT2D eigenvalue weighted by molar-refractivity contribution is 0.343. The Balaban J connectivity index is 2.37. The third-order valence-corrected chi connectivity index (χ3v) is 3.08. The maximum atomic E-state index is 4.11. The zero-order valence-electron chi connectivity index (χ0n) is 8.40. The molecule has 1 nitrogen and oxygen atoms in total. The van der Waals surface area contributed by atoms with E-state index in [9.17, 15) is 0 Å². The third-order valence-electron chi connectivity index (χ3n) is 3.08. The number of rotatable bonds is 0. The Bertz CT molecular complexity index is 296. The summed E-state index contributed by atoms with van der Waals surface area (Å²) in [6.45, 7) is 11.5. The van der Waals surface area contributed by atoms with E-state index in [1.54, 1.807) is 0 Å². The van der Waals surface area contributed by atoms with Crippen LogP contribution in [0.15, 0.2) is 35.7 Å². The molecule has 2 heterocycles. The number of hydrogen-bond donors (Lipinski definition) is 0. The molecule has 2 rings (SSSR count). The number of allylic oxidation sites excluding steroid dienone is 3. The summed E-state index contributed by atoms with van der Waals surface area (Å²) in [7, 11) is 0. The first-order valence-electron chi connectivity index (χ1n) is 5.03. The molecule has 0 aromatic carbocycles. The standard InChI is InChI=1S/C12H17N/c1-9-8-10(2)12-6-4-5-7-13(12)11(9)3/h1,3-8H2,2H3. The number of nitrogens with zero attached hydrogens (tertiary/aromatic N) is 1. The van der Waals surface area contributed by atoms with E-state index in [0.29, 0.717) is 0 Å². The van der Waals surface area contributed by atoms with Crippen molar-refractivity contribution in [2.75, 3.05) is 6.54 Å². The molecule has 70 valence electrons. The van der Waals surface area contributed by atoms with E-state index in [1.165, 1.54) is 36.1 Å². The first kappa shape index (κ1) is 8.61. The van der Waals surface area contributed by atoms with Gasteiger partial charge in [0.2, 0.25) is 0 Å². The highest BCUT2D eigenvalue weighted by Crippen LogP contribution is 2.36. The van der Waals surface area contributed by atoms with Crippen LogP contribution in [0, 0.1) is 0 Å². The van der Waals surface area contributed by atoms with Crippen molar-refractivity contribution in [2.45, 2.75) is 32.6 Å². The summed E-state index contributed by atoms with van der Waals surface area (Å²) in [6.07, 6.45) is 4.90. The van der Waals surface area contributed by atoms with Crippen molar-refractivity contribution in [3.8, 4) is 0 Å². The van der Waals surface area contributed by atoms with Gasteiger partial charge in [-0.3, -0.25) is 0 Å². The Hall–Kier alpha value is -0.980. The van der Waals surface area contributed by atoms with Crippen molar-refractivity contribution < 1.29 is 0 Å². The normalized spacial score (nSPS) is 23.6. The average molecular weight is 175 g/mol. The van der Waals surface area contributed by atoms with E-state index >= 15 is 0 Å². The van der Waals surface area contributed by atoms with Crippen molar-refractivity contribution in [1.82, 2.24) is 4.90 Å².